The van der Waals surface area contributed by atoms with Crippen molar-refractivity contribution in [3.8, 4) is 0 Å². The van der Waals surface area contributed by atoms with E-state index >= 15 is 0 Å². The molecule has 1 saturated heterocycles. The van der Waals surface area contributed by atoms with E-state index in [0.29, 0.717) is 12.1 Å². The first-order valence-corrected chi connectivity index (χ1v) is 8.41. The maximum atomic E-state index is 12.6. The highest BCUT2D eigenvalue weighted by Crippen LogP contribution is 2.41. The number of rotatable bonds is 3. The topological polar surface area (TPSA) is 20.3 Å². The largest absolute Gasteiger partial charge is 0.416 e. The zero-order valence-electron chi connectivity index (χ0n) is 12.3. The van der Waals surface area contributed by atoms with E-state index < -0.39 is 17.2 Å². The van der Waals surface area contributed by atoms with Crippen LogP contribution in [0.5, 0.6) is 0 Å². The van der Waals surface area contributed by atoms with Crippen LogP contribution in [0, 0.1) is 5.41 Å². The van der Waals surface area contributed by atoms with Gasteiger partial charge in [0, 0.05) is 18.2 Å². The fourth-order valence-electron chi connectivity index (χ4n) is 2.24. The monoisotopic (exact) mass is 351 g/mol. The molecule has 2 rings (SSSR count). The van der Waals surface area contributed by atoms with E-state index in [-0.39, 0.29) is 17.2 Å². The highest BCUT2D eigenvalue weighted by atomic mass is 35.5. The van der Waals surface area contributed by atoms with Crippen molar-refractivity contribution in [1.29, 1.82) is 0 Å². The normalized spacial score (nSPS) is 19.5. The first kappa shape index (κ1) is 17.5. The summed E-state index contributed by atoms with van der Waals surface area (Å²) in [5, 5.41) is -0.253. The van der Waals surface area contributed by atoms with E-state index in [0.717, 1.165) is 17.9 Å². The van der Waals surface area contributed by atoms with Crippen LogP contribution in [0.25, 0.3) is 0 Å². The predicted molar refractivity (Wildman–Crippen MR) is 82.9 cm³/mol. The predicted octanol–water partition coefficient (Wildman–Crippen LogP) is 4.54. The van der Waals surface area contributed by atoms with E-state index in [1.165, 1.54) is 12.1 Å². The summed E-state index contributed by atoms with van der Waals surface area (Å²) in [6, 6.07) is 5.01. The van der Waals surface area contributed by atoms with Crippen LogP contribution < -0.4 is 0 Å². The van der Waals surface area contributed by atoms with Gasteiger partial charge in [-0.15, -0.1) is 23.4 Å². The highest BCUT2D eigenvalue weighted by Gasteiger charge is 2.38. The van der Waals surface area contributed by atoms with Crippen LogP contribution in [0.1, 0.15) is 30.3 Å². The number of carbonyl (C=O) groups is 1. The minimum atomic E-state index is -4.35. The molecule has 0 aromatic heterocycles. The Morgan fingerprint density at radius 3 is 2.41 bits per heavy atom. The Bertz CT molecular complexity index is 545. The van der Waals surface area contributed by atoms with Crippen molar-refractivity contribution >= 4 is 29.3 Å². The summed E-state index contributed by atoms with van der Waals surface area (Å²) in [6.07, 6.45) is -4.35. The van der Waals surface area contributed by atoms with Gasteiger partial charge in [-0.25, -0.2) is 0 Å². The van der Waals surface area contributed by atoms with Crippen molar-refractivity contribution in [2.75, 3.05) is 18.2 Å². The second-order valence-corrected chi connectivity index (χ2v) is 7.31. The van der Waals surface area contributed by atoms with Gasteiger partial charge in [0.25, 0.3) is 0 Å². The molecule has 1 atom stereocenters. The molecule has 0 N–H and O–H groups in total. The average Bonchev–Trinajstić information content (AvgIpc) is 2.94. The zero-order valence-corrected chi connectivity index (χ0v) is 13.9. The van der Waals surface area contributed by atoms with Crippen molar-refractivity contribution in [2.45, 2.75) is 25.4 Å². The number of halogens is 4. The molecule has 1 heterocycles. The smallest absolute Gasteiger partial charge is 0.325 e. The molecule has 1 aromatic rings. The van der Waals surface area contributed by atoms with Crippen LogP contribution in [0.15, 0.2) is 24.3 Å². The number of hydrogen-bond donors (Lipinski definition) is 0. The lowest BCUT2D eigenvalue weighted by Gasteiger charge is -2.31. The Morgan fingerprint density at radius 2 is 1.91 bits per heavy atom. The van der Waals surface area contributed by atoms with Crippen molar-refractivity contribution in [3.05, 3.63) is 35.4 Å². The lowest BCUT2D eigenvalue weighted by atomic mass is 9.94. The third-order valence-electron chi connectivity index (χ3n) is 3.59. The zero-order chi connectivity index (χ0) is 16.5. The molecule has 0 spiro atoms. The van der Waals surface area contributed by atoms with Gasteiger partial charge < -0.3 is 4.90 Å². The molecule has 1 aromatic carbocycles. The third-order valence-corrected chi connectivity index (χ3v) is 5.52. The van der Waals surface area contributed by atoms with E-state index in [2.05, 4.69) is 0 Å². The first-order valence-electron chi connectivity index (χ1n) is 6.82. The molecule has 0 bridgehead atoms. The molecule has 1 unspecified atom stereocenters. The van der Waals surface area contributed by atoms with Crippen LogP contribution in [0.4, 0.5) is 13.2 Å². The molecule has 0 radical (unpaired) electrons. The number of hydrogen-bond acceptors (Lipinski definition) is 2. The first-order chi connectivity index (χ1) is 10.2. The number of carbonyl (C=O) groups excluding carboxylic acids is 1. The van der Waals surface area contributed by atoms with Crippen LogP contribution >= 0.6 is 23.4 Å². The number of nitrogens with zero attached hydrogens (tertiary/aromatic N) is 1. The van der Waals surface area contributed by atoms with Crippen LogP contribution in [0.3, 0.4) is 0 Å². The van der Waals surface area contributed by atoms with Crippen molar-refractivity contribution in [2.24, 2.45) is 5.41 Å². The lowest BCUT2D eigenvalue weighted by Crippen LogP contribution is -2.41. The Labute approximate surface area is 137 Å². The quantitative estimate of drug-likeness (QED) is 0.745. The molecule has 22 heavy (non-hydrogen) atoms. The Morgan fingerprint density at radius 1 is 1.32 bits per heavy atom. The van der Waals surface area contributed by atoms with Gasteiger partial charge >= 0.3 is 6.18 Å². The van der Waals surface area contributed by atoms with Crippen LogP contribution in [0.2, 0.25) is 0 Å². The van der Waals surface area contributed by atoms with Crippen molar-refractivity contribution in [3.63, 3.8) is 0 Å². The molecule has 1 fully saturated rings. The minimum absolute atomic E-state index is 0.0719. The number of alkyl halides is 4. The molecule has 1 aliphatic rings. The van der Waals surface area contributed by atoms with E-state index in [1.54, 1.807) is 30.5 Å². The second-order valence-electron chi connectivity index (χ2n) is 5.86. The SMILES string of the molecule is CC(C)(CCl)C(=O)N1CCSC1c1ccc(C(F)(F)F)cc1. The summed E-state index contributed by atoms with van der Waals surface area (Å²) >= 11 is 7.40. The summed E-state index contributed by atoms with van der Waals surface area (Å²) in [6.45, 7) is 4.12. The fourth-order valence-corrected chi connectivity index (χ4v) is 3.61. The maximum Gasteiger partial charge on any atom is 0.416 e. The van der Waals surface area contributed by atoms with Gasteiger partial charge in [-0.1, -0.05) is 12.1 Å². The molecular formula is C15H17ClF3NOS. The molecule has 1 amide bonds. The summed E-state index contributed by atoms with van der Waals surface area (Å²) in [4.78, 5) is 14.3. The number of benzene rings is 1. The average molecular weight is 352 g/mol. The Balaban J connectivity index is 2.22. The van der Waals surface area contributed by atoms with Gasteiger partial charge in [-0.3, -0.25) is 4.79 Å². The molecule has 7 heteroatoms. The van der Waals surface area contributed by atoms with Gasteiger partial charge in [0.2, 0.25) is 5.91 Å². The highest BCUT2D eigenvalue weighted by molar-refractivity contribution is 7.99. The van der Waals surface area contributed by atoms with Crippen molar-refractivity contribution < 1.29 is 18.0 Å². The molecule has 0 aliphatic carbocycles. The lowest BCUT2D eigenvalue weighted by molar-refractivity contribution is -0.139. The van der Waals surface area contributed by atoms with Crippen molar-refractivity contribution in [1.82, 2.24) is 4.90 Å². The van der Waals surface area contributed by atoms with E-state index in [4.69, 9.17) is 11.6 Å². The molecule has 0 saturated carbocycles. The third kappa shape index (κ3) is 3.54. The molecule has 1 aliphatic heterocycles. The Hall–Kier alpha value is -0.880. The molecule has 122 valence electrons. The summed E-state index contributed by atoms with van der Waals surface area (Å²) in [5.74, 6) is 0.889. The molecular weight excluding hydrogens is 335 g/mol. The molecule has 2 nitrogen and oxygen atoms in total. The van der Waals surface area contributed by atoms with Gasteiger partial charge in [0.1, 0.15) is 5.37 Å². The standard InChI is InChI=1S/C15H17ClF3NOS/c1-14(2,9-16)13(21)20-7-8-22-12(20)10-3-5-11(6-4-10)15(17,18)19/h3-6,12H,7-9H2,1-2H3. The van der Waals surface area contributed by atoms with Gasteiger partial charge in [0.15, 0.2) is 0 Å². The summed E-state index contributed by atoms with van der Waals surface area (Å²) in [5.41, 5.74) is -0.663. The summed E-state index contributed by atoms with van der Waals surface area (Å²) in [7, 11) is 0. The second kappa shape index (κ2) is 6.32. The van der Waals surface area contributed by atoms with E-state index in [9.17, 15) is 18.0 Å². The number of thioether (sulfide) groups is 1. The van der Waals surface area contributed by atoms with Gasteiger partial charge in [0.05, 0.1) is 11.0 Å². The summed E-state index contributed by atoms with van der Waals surface area (Å²) < 4.78 is 37.9. The maximum absolute atomic E-state index is 12.6. The fraction of sp³-hybridized carbons (Fsp3) is 0.533. The Kier molecular flexibility index (Phi) is 5.02. The van der Waals surface area contributed by atoms with Gasteiger partial charge in [-0.2, -0.15) is 13.2 Å². The minimum Gasteiger partial charge on any atom is -0.325 e. The van der Waals surface area contributed by atoms with Gasteiger partial charge in [-0.05, 0) is 31.5 Å². The van der Waals surface area contributed by atoms with E-state index in [1.807, 2.05) is 0 Å². The van der Waals surface area contributed by atoms with Crippen LogP contribution in [-0.2, 0) is 11.0 Å². The van der Waals surface area contributed by atoms with Crippen LogP contribution in [-0.4, -0.2) is 29.0 Å². The number of amides is 1.